The summed E-state index contributed by atoms with van der Waals surface area (Å²) in [7, 11) is 1.62. The monoisotopic (exact) mass is 297 g/mol. The summed E-state index contributed by atoms with van der Waals surface area (Å²) >= 11 is 1.42. The van der Waals surface area contributed by atoms with Crippen LogP contribution in [0.5, 0.6) is 5.75 Å². The lowest BCUT2D eigenvalue weighted by atomic mass is 10.3. The van der Waals surface area contributed by atoms with Gasteiger partial charge in [-0.3, -0.25) is 9.59 Å². The third-order valence-electron chi connectivity index (χ3n) is 2.58. The lowest BCUT2D eigenvalue weighted by Gasteiger charge is -2.15. The normalized spacial score (nSPS) is 10.1. The van der Waals surface area contributed by atoms with E-state index in [2.05, 4.69) is 0 Å². The highest BCUT2D eigenvalue weighted by atomic mass is 32.2. The Labute approximate surface area is 122 Å². The largest absolute Gasteiger partial charge is 0.494 e. The minimum absolute atomic E-state index is 0.0318. The molecule has 0 unspecified atom stereocenters. The van der Waals surface area contributed by atoms with E-state index in [0.717, 1.165) is 10.6 Å². The molecule has 5 nitrogen and oxygen atoms in total. The maximum Gasteiger partial charge on any atom is 0.305 e. The van der Waals surface area contributed by atoms with E-state index in [1.54, 1.807) is 7.05 Å². The number of hydrogen-bond acceptors (Lipinski definition) is 4. The molecule has 0 saturated heterocycles. The van der Waals surface area contributed by atoms with Crippen molar-refractivity contribution in [2.75, 3.05) is 26.0 Å². The summed E-state index contributed by atoms with van der Waals surface area (Å²) in [5, 5.41) is 8.57. The van der Waals surface area contributed by atoms with E-state index in [-0.39, 0.29) is 18.9 Å². The van der Waals surface area contributed by atoms with Gasteiger partial charge >= 0.3 is 5.97 Å². The number of carbonyl (C=O) groups excluding carboxylic acids is 1. The number of amides is 1. The number of nitrogens with zero attached hydrogens (tertiary/aromatic N) is 1. The molecule has 0 spiro atoms. The molecular formula is C14H19NO4S. The van der Waals surface area contributed by atoms with Crippen LogP contribution in [0.1, 0.15) is 13.3 Å². The van der Waals surface area contributed by atoms with E-state index in [0.29, 0.717) is 12.4 Å². The molecule has 0 aliphatic carbocycles. The Hall–Kier alpha value is -1.69. The van der Waals surface area contributed by atoms with E-state index in [9.17, 15) is 9.59 Å². The zero-order chi connectivity index (χ0) is 15.0. The second kappa shape index (κ2) is 8.47. The quantitative estimate of drug-likeness (QED) is 0.744. The molecule has 1 rings (SSSR count). The highest BCUT2D eigenvalue weighted by Crippen LogP contribution is 2.21. The molecule has 0 radical (unpaired) electrons. The minimum atomic E-state index is -0.899. The topological polar surface area (TPSA) is 66.8 Å². The van der Waals surface area contributed by atoms with E-state index in [1.807, 2.05) is 31.2 Å². The fourth-order valence-corrected chi connectivity index (χ4v) is 2.28. The molecule has 0 saturated carbocycles. The van der Waals surface area contributed by atoms with Crippen molar-refractivity contribution in [1.29, 1.82) is 0 Å². The van der Waals surface area contributed by atoms with Crippen LogP contribution < -0.4 is 4.74 Å². The summed E-state index contributed by atoms with van der Waals surface area (Å²) in [5.41, 5.74) is 0. The van der Waals surface area contributed by atoms with Crippen molar-refractivity contribution in [1.82, 2.24) is 4.90 Å². The van der Waals surface area contributed by atoms with E-state index in [1.165, 1.54) is 16.7 Å². The summed E-state index contributed by atoms with van der Waals surface area (Å²) in [5.74, 6) is 0.125. The first-order chi connectivity index (χ1) is 9.52. The van der Waals surface area contributed by atoms with Gasteiger partial charge in [0.25, 0.3) is 0 Å². The molecule has 0 fully saturated rings. The van der Waals surface area contributed by atoms with Crippen LogP contribution in [0.25, 0.3) is 0 Å². The van der Waals surface area contributed by atoms with Crippen LogP contribution in [0.4, 0.5) is 0 Å². The third kappa shape index (κ3) is 5.97. The molecule has 1 N–H and O–H groups in total. The number of benzene rings is 1. The Morgan fingerprint density at radius 1 is 1.30 bits per heavy atom. The highest BCUT2D eigenvalue weighted by molar-refractivity contribution is 8.00. The van der Waals surface area contributed by atoms with Crippen LogP contribution in [-0.2, 0) is 9.59 Å². The Bertz CT molecular complexity index is 447. The Balaban J connectivity index is 2.38. The van der Waals surface area contributed by atoms with Gasteiger partial charge in [0.1, 0.15) is 5.75 Å². The number of aliphatic carboxylic acids is 1. The van der Waals surface area contributed by atoms with Gasteiger partial charge in [-0.1, -0.05) is 0 Å². The molecule has 110 valence electrons. The van der Waals surface area contributed by atoms with Gasteiger partial charge < -0.3 is 14.7 Å². The fraction of sp³-hybridized carbons (Fsp3) is 0.429. The summed E-state index contributed by atoms with van der Waals surface area (Å²) in [6.07, 6.45) is -0.0318. The van der Waals surface area contributed by atoms with Crippen LogP contribution >= 0.6 is 11.8 Å². The number of hydrogen-bond donors (Lipinski definition) is 1. The predicted molar refractivity (Wildman–Crippen MR) is 78.2 cm³/mol. The number of thioether (sulfide) groups is 1. The van der Waals surface area contributed by atoms with Gasteiger partial charge in [0.15, 0.2) is 0 Å². The molecule has 20 heavy (non-hydrogen) atoms. The summed E-state index contributed by atoms with van der Waals surface area (Å²) in [6, 6.07) is 7.54. The van der Waals surface area contributed by atoms with Crippen molar-refractivity contribution < 1.29 is 19.4 Å². The Morgan fingerprint density at radius 2 is 1.95 bits per heavy atom. The summed E-state index contributed by atoms with van der Waals surface area (Å²) in [6.45, 7) is 2.78. The minimum Gasteiger partial charge on any atom is -0.494 e. The smallest absolute Gasteiger partial charge is 0.305 e. The second-order valence-corrected chi connectivity index (χ2v) is 5.20. The summed E-state index contributed by atoms with van der Waals surface area (Å²) in [4.78, 5) is 24.6. The molecule has 1 aromatic carbocycles. The maximum absolute atomic E-state index is 11.8. The molecule has 0 bridgehead atoms. The first kappa shape index (κ1) is 16.4. The third-order valence-corrected chi connectivity index (χ3v) is 3.58. The van der Waals surface area contributed by atoms with Crippen molar-refractivity contribution >= 4 is 23.6 Å². The van der Waals surface area contributed by atoms with E-state index < -0.39 is 5.97 Å². The number of ether oxygens (including phenoxy) is 1. The van der Waals surface area contributed by atoms with Crippen molar-refractivity contribution in [3.05, 3.63) is 24.3 Å². The molecule has 6 heteroatoms. The zero-order valence-corrected chi connectivity index (χ0v) is 12.5. The van der Waals surface area contributed by atoms with Crippen LogP contribution in [0.3, 0.4) is 0 Å². The molecule has 0 aliphatic rings. The van der Waals surface area contributed by atoms with Crippen LogP contribution in [0, 0.1) is 0 Å². The number of carboxylic acids is 1. The molecule has 0 aliphatic heterocycles. The molecule has 0 atom stereocenters. The average Bonchev–Trinajstić information content (AvgIpc) is 2.44. The Morgan fingerprint density at radius 3 is 2.50 bits per heavy atom. The van der Waals surface area contributed by atoms with E-state index >= 15 is 0 Å². The predicted octanol–water partition coefficient (Wildman–Crippen LogP) is 2.11. The van der Waals surface area contributed by atoms with Crippen molar-refractivity contribution in [2.24, 2.45) is 0 Å². The van der Waals surface area contributed by atoms with Crippen LogP contribution in [0.15, 0.2) is 29.2 Å². The van der Waals surface area contributed by atoms with Gasteiger partial charge in [0, 0.05) is 18.5 Å². The fourth-order valence-electron chi connectivity index (χ4n) is 1.44. The highest BCUT2D eigenvalue weighted by Gasteiger charge is 2.10. The molecule has 0 heterocycles. The van der Waals surface area contributed by atoms with Gasteiger partial charge in [-0.15, -0.1) is 11.8 Å². The van der Waals surface area contributed by atoms with Gasteiger partial charge in [-0.05, 0) is 31.2 Å². The average molecular weight is 297 g/mol. The zero-order valence-electron chi connectivity index (χ0n) is 11.7. The lowest BCUT2D eigenvalue weighted by molar-refractivity contribution is -0.137. The van der Waals surface area contributed by atoms with Gasteiger partial charge in [-0.25, -0.2) is 0 Å². The molecule has 1 amide bonds. The second-order valence-electron chi connectivity index (χ2n) is 4.15. The molecule has 0 aromatic heterocycles. The van der Waals surface area contributed by atoms with Gasteiger partial charge in [-0.2, -0.15) is 0 Å². The van der Waals surface area contributed by atoms with Gasteiger partial charge in [0.05, 0.1) is 18.8 Å². The Kier molecular flexibility index (Phi) is 6.93. The molecule has 1 aromatic rings. The van der Waals surface area contributed by atoms with Crippen LogP contribution in [0.2, 0.25) is 0 Å². The number of rotatable bonds is 8. The number of carboxylic acid groups (broad SMARTS) is 1. The van der Waals surface area contributed by atoms with Crippen molar-refractivity contribution in [3.63, 3.8) is 0 Å². The maximum atomic E-state index is 11.8. The van der Waals surface area contributed by atoms with E-state index in [4.69, 9.17) is 9.84 Å². The standard InChI is InChI=1S/C14H19NO4S/c1-3-19-11-4-6-12(7-5-11)20-10-13(16)15(2)9-8-14(17)18/h4-7H,3,8-10H2,1-2H3,(H,17,18). The SMILES string of the molecule is CCOc1ccc(SCC(=O)N(C)CCC(=O)O)cc1. The number of carbonyl (C=O) groups is 2. The first-order valence-electron chi connectivity index (χ1n) is 6.34. The van der Waals surface area contributed by atoms with Crippen molar-refractivity contribution in [2.45, 2.75) is 18.2 Å². The van der Waals surface area contributed by atoms with Gasteiger partial charge in [0.2, 0.25) is 5.91 Å². The first-order valence-corrected chi connectivity index (χ1v) is 7.33. The lowest BCUT2D eigenvalue weighted by Crippen LogP contribution is -2.30. The molecular weight excluding hydrogens is 278 g/mol. The van der Waals surface area contributed by atoms with Crippen LogP contribution in [-0.4, -0.2) is 47.8 Å². The summed E-state index contributed by atoms with van der Waals surface area (Å²) < 4.78 is 5.34. The van der Waals surface area contributed by atoms with Crippen molar-refractivity contribution in [3.8, 4) is 5.75 Å².